The van der Waals surface area contributed by atoms with Crippen LogP contribution in [0.5, 0.6) is 0 Å². The lowest BCUT2D eigenvalue weighted by Gasteiger charge is -2.20. The summed E-state index contributed by atoms with van der Waals surface area (Å²) in [5.41, 5.74) is 2.09. The Balaban J connectivity index is 1.92. The summed E-state index contributed by atoms with van der Waals surface area (Å²) in [7, 11) is 0. The Bertz CT molecular complexity index is 477. The molecule has 0 radical (unpaired) electrons. The zero-order chi connectivity index (χ0) is 12.7. The van der Waals surface area contributed by atoms with Crippen LogP contribution in [0.4, 0.5) is 11.4 Å². The van der Waals surface area contributed by atoms with E-state index in [0.717, 1.165) is 37.4 Å². The predicted molar refractivity (Wildman–Crippen MR) is 69.9 cm³/mol. The molecule has 0 aliphatic carbocycles. The maximum atomic E-state index is 11.1. The number of nitrogens with zero attached hydrogens (tertiary/aromatic N) is 2. The molecule has 18 heavy (non-hydrogen) atoms. The number of anilines is 1. The van der Waals surface area contributed by atoms with Crippen LogP contribution in [0.2, 0.25) is 0 Å². The normalized spacial score (nSPS) is 26.4. The van der Waals surface area contributed by atoms with Crippen molar-refractivity contribution in [3.63, 3.8) is 0 Å². The summed E-state index contributed by atoms with van der Waals surface area (Å²) in [5, 5.41) is 14.5. The van der Waals surface area contributed by atoms with Crippen LogP contribution in [0.25, 0.3) is 0 Å². The highest BCUT2D eigenvalue weighted by Gasteiger charge is 2.37. The summed E-state index contributed by atoms with van der Waals surface area (Å²) in [6, 6.07) is 5.36. The van der Waals surface area contributed by atoms with E-state index in [-0.39, 0.29) is 10.6 Å². The molecule has 0 bridgehead atoms. The number of fused-ring (bicyclic) bond motifs is 1. The minimum Gasteiger partial charge on any atom is -0.365 e. The van der Waals surface area contributed by atoms with Crippen molar-refractivity contribution in [2.24, 2.45) is 11.8 Å². The van der Waals surface area contributed by atoms with Crippen LogP contribution in [0.15, 0.2) is 18.2 Å². The number of benzene rings is 1. The van der Waals surface area contributed by atoms with Gasteiger partial charge in [-0.2, -0.15) is 0 Å². The monoisotopic (exact) mass is 247 g/mol. The molecule has 0 saturated carbocycles. The van der Waals surface area contributed by atoms with Crippen LogP contribution in [0.3, 0.4) is 0 Å². The third-order valence-corrected chi connectivity index (χ3v) is 4.06. The first-order valence-corrected chi connectivity index (χ1v) is 6.36. The fourth-order valence-electron chi connectivity index (χ4n) is 3.09. The number of aryl methyl sites for hydroxylation is 1. The van der Waals surface area contributed by atoms with Gasteiger partial charge in [-0.3, -0.25) is 10.1 Å². The van der Waals surface area contributed by atoms with E-state index in [1.807, 2.05) is 13.0 Å². The maximum absolute atomic E-state index is 11.1. The van der Waals surface area contributed by atoms with Crippen molar-refractivity contribution < 1.29 is 4.92 Å². The average molecular weight is 247 g/mol. The second-order valence-corrected chi connectivity index (χ2v) is 5.33. The Morgan fingerprint density at radius 2 is 2.00 bits per heavy atom. The predicted octanol–water partition coefficient (Wildman–Crippen LogP) is 1.56. The SMILES string of the molecule is Cc1ccc([N+](=O)[O-])c(N2C[C@H]3CNC[C@H]3C2)c1. The number of hydrogen-bond donors (Lipinski definition) is 1. The van der Waals surface area contributed by atoms with Gasteiger partial charge < -0.3 is 10.2 Å². The van der Waals surface area contributed by atoms with Gasteiger partial charge in [-0.15, -0.1) is 0 Å². The molecule has 2 aliphatic rings. The van der Waals surface area contributed by atoms with Crippen LogP contribution < -0.4 is 10.2 Å². The third-order valence-electron chi connectivity index (χ3n) is 4.06. The first-order valence-electron chi connectivity index (χ1n) is 6.36. The van der Waals surface area contributed by atoms with Crippen molar-refractivity contribution in [1.82, 2.24) is 5.32 Å². The summed E-state index contributed by atoms with van der Waals surface area (Å²) in [4.78, 5) is 13.0. The van der Waals surface area contributed by atoms with E-state index in [2.05, 4.69) is 10.2 Å². The van der Waals surface area contributed by atoms with Gasteiger partial charge in [0.25, 0.3) is 5.69 Å². The van der Waals surface area contributed by atoms with Gasteiger partial charge in [0, 0.05) is 32.2 Å². The molecule has 0 aromatic heterocycles. The van der Waals surface area contributed by atoms with Crippen LogP contribution in [0, 0.1) is 28.9 Å². The molecule has 1 aromatic rings. The number of nitrogens with one attached hydrogen (secondary N) is 1. The minimum absolute atomic E-state index is 0.230. The smallest absolute Gasteiger partial charge is 0.292 e. The van der Waals surface area contributed by atoms with E-state index in [9.17, 15) is 10.1 Å². The van der Waals surface area contributed by atoms with Crippen LogP contribution in [-0.4, -0.2) is 31.1 Å². The standard InChI is InChI=1S/C13H17N3O2/c1-9-2-3-12(16(17)18)13(4-9)15-7-10-5-14-6-11(10)8-15/h2-4,10-11,14H,5-8H2,1H3/t10-,11+. The number of nitro benzene ring substituents is 1. The van der Waals surface area contributed by atoms with Crippen molar-refractivity contribution in [3.05, 3.63) is 33.9 Å². The molecule has 1 N–H and O–H groups in total. The summed E-state index contributed by atoms with van der Waals surface area (Å²) in [5.74, 6) is 1.29. The first-order chi connectivity index (χ1) is 8.65. The van der Waals surface area contributed by atoms with E-state index >= 15 is 0 Å². The van der Waals surface area contributed by atoms with E-state index in [0.29, 0.717) is 11.8 Å². The average Bonchev–Trinajstić information content (AvgIpc) is 2.88. The lowest BCUT2D eigenvalue weighted by atomic mass is 10.0. The van der Waals surface area contributed by atoms with Gasteiger partial charge in [0.1, 0.15) is 5.69 Å². The van der Waals surface area contributed by atoms with Gasteiger partial charge in [0.15, 0.2) is 0 Å². The van der Waals surface area contributed by atoms with Crippen molar-refractivity contribution in [3.8, 4) is 0 Å². The summed E-state index contributed by atoms with van der Waals surface area (Å²) >= 11 is 0. The van der Waals surface area contributed by atoms with E-state index in [1.54, 1.807) is 12.1 Å². The van der Waals surface area contributed by atoms with Gasteiger partial charge in [-0.1, -0.05) is 6.07 Å². The topological polar surface area (TPSA) is 58.4 Å². The molecular weight excluding hydrogens is 230 g/mol. The second-order valence-electron chi connectivity index (χ2n) is 5.33. The molecule has 96 valence electrons. The van der Waals surface area contributed by atoms with Gasteiger partial charge in [-0.25, -0.2) is 0 Å². The van der Waals surface area contributed by atoms with Gasteiger partial charge in [-0.05, 0) is 30.4 Å². The van der Waals surface area contributed by atoms with Gasteiger partial charge >= 0.3 is 0 Å². The molecule has 0 amide bonds. The summed E-state index contributed by atoms with van der Waals surface area (Å²) in [6.45, 7) is 5.93. The fraction of sp³-hybridized carbons (Fsp3) is 0.538. The molecule has 2 atom stereocenters. The van der Waals surface area contributed by atoms with Crippen LogP contribution >= 0.6 is 0 Å². The van der Waals surface area contributed by atoms with Crippen LogP contribution in [-0.2, 0) is 0 Å². The summed E-state index contributed by atoms with van der Waals surface area (Å²) < 4.78 is 0. The zero-order valence-electron chi connectivity index (χ0n) is 10.4. The highest BCUT2D eigenvalue weighted by molar-refractivity contribution is 5.65. The van der Waals surface area contributed by atoms with Gasteiger partial charge in [0.05, 0.1) is 4.92 Å². The van der Waals surface area contributed by atoms with Crippen molar-refractivity contribution >= 4 is 11.4 Å². The molecule has 5 heteroatoms. The van der Waals surface area contributed by atoms with Crippen molar-refractivity contribution in [1.29, 1.82) is 0 Å². The number of rotatable bonds is 2. The lowest BCUT2D eigenvalue weighted by Crippen LogP contribution is -2.26. The summed E-state index contributed by atoms with van der Waals surface area (Å²) in [6.07, 6.45) is 0. The largest absolute Gasteiger partial charge is 0.365 e. The fourth-order valence-corrected chi connectivity index (χ4v) is 3.09. The maximum Gasteiger partial charge on any atom is 0.292 e. The van der Waals surface area contributed by atoms with Crippen LogP contribution in [0.1, 0.15) is 5.56 Å². The Kier molecular flexibility index (Phi) is 2.70. The molecule has 0 unspecified atom stereocenters. The molecule has 2 aliphatic heterocycles. The highest BCUT2D eigenvalue weighted by Crippen LogP contribution is 2.36. The molecule has 1 aromatic carbocycles. The Morgan fingerprint density at radius 3 is 2.61 bits per heavy atom. The second kappa shape index (κ2) is 4.24. The molecule has 2 heterocycles. The van der Waals surface area contributed by atoms with E-state index in [1.165, 1.54) is 0 Å². The van der Waals surface area contributed by atoms with Gasteiger partial charge in [0.2, 0.25) is 0 Å². The Morgan fingerprint density at radius 1 is 1.33 bits per heavy atom. The molecule has 3 rings (SSSR count). The molecule has 5 nitrogen and oxygen atoms in total. The zero-order valence-corrected chi connectivity index (χ0v) is 10.4. The third kappa shape index (κ3) is 1.84. The molecule has 2 saturated heterocycles. The van der Waals surface area contributed by atoms with Crippen molar-refractivity contribution in [2.75, 3.05) is 31.1 Å². The Hall–Kier alpha value is -1.62. The number of nitro groups is 1. The quantitative estimate of drug-likeness (QED) is 0.636. The molecule has 0 spiro atoms. The highest BCUT2D eigenvalue weighted by atomic mass is 16.6. The first kappa shape index (κ1) is 11.5. The molecular formula is C13H17N3O2. The lowest BCUT2D eigenvalue weighted by molar-refractivity contribution is -0.384. The van der Waals surface area contributed by atoms with E-state index in [4.69, 9.17) is 0 Å². The van der Waals surface area contributed by atoms with E-state index < -0.39 is 0 Å². The Labute approximate surface area is 106 Å². The minimum atomic E-state index is -0.277. The van der Waals surface area contributed by atoms with Crippen molar-refractivity contribution in [2.45, 2.75) is 6.92 Å². The number of hydrogen-bond acceptors (Lipinski definition) is 4. The molecule has 2 fully saturated rings.